The Morgan fingerprint density at radius 3 is 1.35 bits per heavy atom. The maximum absolute atomic E-state index is 9.27. The first-order valence-corrected chi connectivity index (χ1v) is 16.3. The molecule has 9 aromatic rings. The van der Waals surface area contributed by atoms with Gasteiger partial charge in [-0.25, -0.2) is 15.0 Å². The van der Waals surface area contributed by atoms with Crippen molar-refractivity contribution in [2.45, 2.75) is 0 Å². The van der Waals surface area contributed by atoms with Gasteiger partial charge in [0.05, 0.1) is 15.1 Å². The lowest BCUT2D eigenvalue weighted by atomic mass is 10.0. The molecule has 0 aliphatic carbocycles. The van der Waals surface area contributed by atoms with Gasteiger partial charge in [-0.05, 0) is 51.5 Å². The summed E-state index contributed by atoms with van der Waals surface area (Å²) in [7, 11) is 0. The molecule has 49 heavy (non-hydrogen) atoms. The molecule has 9 rings (SSSR count). The van der Waals surface area contributed by atoms with Crippen LogP contribution in [-0.2, 0) is 0 Å². The summed E-state index contributed by atoms with van der Waals surface area (Å²) < 4.78 is 97.8. The Kier molecular flexibility index (Phi) is 4.96. The first-order valence-electron chi connectivity index (χ1n) is 21.0. The lowest BCUT2D eigenvalue weighted by molar-refractivity contribution is 1.07. The molecule has 2 heterocycles. The molecule has 0 fully saturated rings. The molecule has 0 saturated carbocycles. The van der Waals surface area contributed by atoms with Crippen LogP contribution in [0.15, 0.2) is 176 Å². The second-order valence-electron chi connectivity index (χ2n) is 11.2. The van der Waals surface area contributed by atoms with Gasteiger partial charge >= 0.3 is 0 Å². The normalized spacial score (nSPS) is 14.4. The molecule has 0 amide bonds. The van der Waals surface area contributed by atoms with E-state index < -0.39 is 66.0 Å². The van der Waals surface area contributed by atoms with Gasteiger partial charge < -0.3 is 0 Å². The van der Waals surface area contributed by atoms with E-state index in [1.807, 2.05) is 109 Å². The molecule has 0 radical (unpaired) electrons. The minimum Gasteiger partial charge on any atom is -0.208 e. The number of rotatable bonds is 6. The Hall–Kier alpha value is -6.23. The maximum atomic E-state index is 9.27. The third-order valence-electron chi connectivity index (χ3n) is 8.12. The van der Waals surface area contributed by atoms with Gasteiger partial charge in [-0.2, -0.15) is 0 Å². The molecule has 2 aromatic heterocycles. The average Bonchev–Trinajstić information content (AvgIpc) is 3.70. The molecule has 0 aliphatic heterocycles. The fourth-order valence-corrected chi connectivity index (χ4v) is 6.53. The second kappa shape index (κ2) is 12.4. The summed E-state index contributed by atoms with van der Waals surface area (Å²) in [5.41, 5.74) is 4.19. The van der Waals surface area contributed by atoms with Crippen molar-refractivity contribution in [2.75, 3.05) is 0 Å². The van der Waals surface area contributed by atoms with Crippen LogP contribution >= 0.6 is 11.3 Å². The van der Waals surface area contributed by atoms with Crippen molar-refractivity contribution in [1.82, 2.24) is 15.0 Å². The first kappa shape index (κ1) is 19.6. The largest absolute Gasteiger partial charge is 0.208 e. The van der Waals surface area contributed by atoms with Gasteiger partial charge in [-0.3, -0.25) is 0 Å². The first-order chi connectivity index (χ1) is 28.8. The number of hydrogen-bond donors (Lipinski definition) is 0. The molecule has 0 atom stereocenters. The predicted molar refractivity (Wildman–Crippen MR) is 205 cm³/mol. The number of aromatic nitrogens is 3. The van der Waals surface area contributed by atoms with E-state index in [9.17, 15) is 6.85 Å². The molecular formula is C45H29N3S. The van der Waals surface area contributed by atoms with Crippen molar-refractivity contribution in [2.24, 2.45) is 0 Å². The minimum atomic E-state index is -0.601. The zero-order valence-electron chi connectivity index (χ0n) is 36.6. The van der Waals surface area contributed by atoms with E-state index in [0.717, 1.165) is 33.6 Å². The lowest BCUT2D eigenvalue weighted by Gasteiger charge is -2.10. The van der Waals surface area contributed by atoms with Crippen LogP contribution in [-0.4, -0.2) is 15.0 Å². The van der Waals surface area contributed by atoms with Crippen LogP contribution in [0, 0.1) is 0 Å². The van der Waals surface area contributed by atoms with Crippen LogP contribution in [0.5, 0.6) is 0 Å². The summed E-state index contributed by atoms with van der Waals surface area (Å²) in [5, 5.41) is -0.0336. The maximum Gasteiger partial charge on any atom is 0.164 e. The van der Waals surface area contributed by atoms with Gasteiger partial charge in [-0.15, -0.1) is 11.3 Å². The SMILES string of the molecule is [2H]c1c([2H])c(-c2c([2H])c([2H])c3sc4c([2H])c([2H])c([2H])c([2H])c4c3c2[2H])c([2H])c([2H])c1-c1nc(-c2ccc(-c3ccccc3)cc2)nc(-c2ccc(-c3ccccc3)cc2)n1. The van der Waals surface area contributed by atoms with E-state index in [4.69, 9.17) is 23.2 Å². The zero-order valence-corrected chi connectivity index (χ0v) is 26.5. The van der Waals surface area contributed by atoms with Crippen LogP contribution in [0.1, 0.15) is 15.1 Å². The Labute approximate surface area is 304 Å². The van der Waals surface area contributed by atoms with Crippen molar-refractivity contribution >= 4 is 31.5 Å². The minimum absolute atomic E-state index is 0.00790. The van der Waals surface area contributed by atoms with Crippen LogP contribution in [0.2, 0.25) is 0 Å². The van der Waals surface area contributed by atoms with Crippen molar-refractivity contribution < 1.29 is 15.1 Å². The van der Waals surface area contributed by atoms with Crippen LogP contribution < -0.4 is 0 Å². The fourth-order valence-electron chi connectivity index (χ4n) is 5.61. The summed E-state index contributed by atoms with van der Waals surface area (Å²) in [4.78, 5) is 14.3. The topological polar surface area (TPSA) is 38.7 Å². The summed E-state index contributed by atoms with van der Waals surface area (Å²) in [6.45, 7) is 0. The number of benzene rings is 7. The third kappa shape index (κ3) is 5.69. The average molecular weight is 655 g/mol. The number of thiophene rings is 1. The van der Waals surface area contributed by atoms with E-state index >= 15 is 0 Å². The molecule has 4 heteroatoms. The Bertz CT molecular complexity index is 3060. The molecule has 0 unspecified atom stereocenters. The van der Waals surface area contributed by atoms with E-state index in [2.05, 4.69) is 0 Å². The van der Waals surface area contributed by atoms with Gasteiger partial charge in [0, 0.05) is 36.9 Å². The molecular weight excluding hydrogens is 615 g/mol. The molecule has 0 saturated heterocycles. The Morgan fingerprint density at radius 2 is 0.776 bits per heavy atom. The summed E-state index contributed by atoms with van der Waals surface area (Å²) in [6, 6.07) is 29.4. The third-order valence-corrected chi connectivity index (χ3v) is 9.14. The van der Waals surface area contributed by atoms with Crippen molar-refractivity contribution in [3.8, 4) is 67.5 Å². The molecule has 3 nitrogen and oxygen atoms in total. The monoisotopic (exact) mass is 654 g/mol. The lowest BCUT2D eigenvalue weighted by Crippen LogP contribution is -2.00. The van der Waals surface area contributed by atoms with Gasteiger partial charge in [-0.1, -0.05) is 158 Å². The van der Waals surface area contributed by atoms with E-state index in [0.29, 0.717) is 11.1 Å². The summed E-state index contributed by atoms with van der Waals surface area (Å²) >= 11 is 0.868. The predicted octanol–water partition coefficient (Wildman–Crippen LogP) is 12.2. The highest BCUT2D eigenvalue weighted by Gasteiger charge is 2.14. The standard InChI is InChI=1S/C45H29N3S/c1-3-9-30(10-4-1)32-15-21-35(22-16-32)43-46-44(36-23-17-33(18-24-36)31-11-5-2-6-12-31)48-45(47-43)37-25-19-34(20-26-37)38-27-28-42-40(29-38)39-13-7-8-14-41(39)49-42/h1-29H/i7D,8D,13D,14D,19D,20D,25D,26D,27D,28D,29D. The van der Waals surface area contributed by atoms with Gasteiger partial charge in [0.2, 0.25) is 0 Å². The molecule has 0 bridgehead atoms. The molecule has 0 N–H and O–H groups in total. The van der Waals surface area contributed by atoms with Crippen molar-refractivity contribution in [1.29, 1.82) is 0 Å². The summed E-state index contributed by atoms with van der Waals surface area (Å²) in [5.74, 6) is 0.317. The zero-order chi connectivity index (χ0) is 42.1. The van der Waals surface area contributed by atoms with Crippen LogP contribution in [0.4, 0.5) is 0 Å². The number of fused-ring (bicyclic) bond motifs is 3. The Morgan fingerprint density at radius 1 is 0.347 bits per heavy atom. The molecule has 7 aromatic carbocycles. The highest BCUT2D eigenvalue weighted by atomic mass is 32.1. The molecule has 230 valence electrons. The highest BCUT2D eigenvalue weighted by molar-refractivity contribution is 7.25. The fraction of sp³-hybridized carbons (Fsp3) is 0. The quantitative estimate of drug-likeness (QED) is 0.179. The molecule has 0 aliphatic rings. The number of hydrogen-bond acceptors (Lipinski definition) is 4. The van der Waals surface area contributed by atoms with Gasteiger partial charge in [0.25, 0.3) is 0 Å². The van der Waals surface area contributed by atoms with Crippen molar-refractivity contribution in [3.63, 3.8) is 0 Å². The van der Waals surface area contributed by atoms with Crippen LogP contribution in [0.3, 0.4) is 0 Å². The number of nitrogens with zero attached hydrogens (tertiary/aromatic N) is 3. The van der Waals surface area contributed by atoms with E-state index in [1.165, 1.54) is 0 Å². The smallest absolute Gasteiger partial charge is 0.164 e. The summed E-state index contributed by atoms with van der Waals surface area (Å²) in [6.07, 6.45) is 0. The van der Waals surface area contributed by atoms with E-state index in [-0.39, 0.29) is 54.8 Å². The van der Waals surface area contributed by atoms with Gasteiger partial charge in [0.15, 0.2) is 17.5 Å². The van der Waals surface area contributed by atoms with Gasteiger partial charge in [0.1, 0.15) is 0 Å². The molecule has 0 spiro atoms. The van der Waals surface area contributed by atoms with Crippen LogP contribution in [0.25, 0.3) is 87.7 Å². The van der Waals surface area contributed by atoms with Crippen molar-refractivity contribution in [3.05, 3.63) is 176 Å². The Balaban J connectivity index is 1.24. The second-order valence-corrected chi connectivity index (χ2v) is 12.2. The highest BCUT2D eigenvalue weighted by Crippen LogP contribution is 2.37. The van der Waals surface area contributed by atoms with E-state index in [1.54, 1.807) is 0 Å².